The molecule has 0 aliphatic heterocycles. The molecule has 14 heavy (non-hydrogen) atoms. The van der Waals surface area contributed by atoms with E-state index < -0.39 is 15.0 Å². The fourth-order valence-electron chi connectivity index (χ4n) is 0.768. The third-order valence-corrected chi connectivity index (χ3v) is 3.19. The Labute approximate surface area is 118 Å². The van der Waals surface area contributed by atoms with Crippen molar-refractivity contribution in [2.75, 3.05) is 0 Å². The smallest absolute Gasteiger partial charge is 0.744 e. The van der Waals surface area contributed by atoms with Crippen molar-refractivity contribution in [3.63, 3.8) is 0 Å². The van der Waals surface area contributed by atoms with Gasteiger partial charge in [-0.15, -0.1) is 0 Å². The largest absolute Gasteiger partial charge is 1.00 e. The first-order valence-corrected chi connectivity index (χ1v) is 5.47. The number of hydrogen-bond donors (Lipinski definition) is 0. The molecule has 0 bridgehead atoms. The van der Waals surface area contributed by atoms with Gasteiger partial charge in [0.25, 0.3) is 0 Å². The molecule has 0 aliphatic carbocycles. The fourth-order valence-corrected chi connectivity index (χ4v) is 2.75. The zero-order valence-corrected chi connectivity index (χ0v) is 12.0. The van der Waals surface area contributed by atoms with Crippen LogP contribution in [0, 0.1) is 0 Å². The van der Waals surface area contributed by atoms with Gasteiger partial charge in [0.15, 0.2) is 0 Å². The van der Waals surface area contributed by atoms with Gasteiger partial charge in [-0.3, -0.25) is 0 Å². The number of hydrogen-bond acceptors (Lipinski definition) is 3. The van der Waals surface area contributed by atoms with Gasteiger partial charge in [-0.05, 0) is 12.1 Å². The monoisotopic (exact) mass is 282 g/mol. The van der Waals surface area contributed by atoms with E-state index in [-0.39, 0.29) is 44.6 Å². The summed E-state index contributed by atoms with van der Waals surface area (Å²) in [6.07, 6.45) is 0. The molecule has 1 aromatic rings. The van der Waals surface area contributed by atoms with Gasteiger partial charge in [0.2, 0.25) is 0 Å². The van der Waals surface area contributed by atoms with Gasteiger partial charge in [-0.2, -0.15) is 0 Å². The molecule has 1 rings (SSSR count). The van der Waals surface area contributed by atoms with Crippen LogP contribution in [0.15, 0.2) is 17.0 Å². The van der Waals surface area contributed by atoms with Crippen LogP contribution < -0.4 is 29.6 Å². The van der Waals surface area contributed by atoms with Crippen molar-refractivity contribution in [1.29, 1.82) is 0 Å². The third kappa shape index (κ3) is 3.54. The Hall–Kier alpha value is 1.000. The molecule has 0 N–H and O–H groups in total. The quantitative estimate of drug-likeness (QED) is 0.518. The maximum atomic E-state index is 10.6. The molecule has 0 heterocycles. The summed E-state index contributed by atoms with van der Waals surface area (Å²) in [5, 5.41) is -0.373. The molecule has 0 fully saturated rings. The van der Waals surface area contributed by atoms with Crippen LogP contribution in [0.25, 0.3) is 0 Å². The van der Waals surface area contributed by atoms with E-state index in [1.165, 1.54) is 0 Å². The number of halogens is 3. The maximum Gasteiger partial charge on any atom is 1.00 e. The second kappa shape index (κ2) is 5.37. The zero-order valence-electron chi connectivity index (χ0n) is 6.92. The molecule has 0 amide bonds. The molecule has 8 heteroatoms. The van der Waals surface area contributed by atoms with Crippen molar-refractivity contribution in [1.82, 2.24) is 0 Å². The minimum absolute atomic E-state index is 0. The van der Waals surface area contributed by atoms with E-state index in [4.69, 9.17) is 34.8 Å². The second-order valence-electron chi connectivity index (χ2n) is 2.15. The average molecular weight is 283 g/mol. The van der Waals surface area contributed by atoms with Crippen LogP contribution in [0.3, 0.4) is 0 Å². The van der Waals surface area contributed by atoms with Crippen LogP contribution in [-0.2, 0) is 10.1 Å². The van der Waals surface area contributed by atoms with Gasteiger partial charge in [0.05, 0.1) is 14.9 Å². The van der Waals surface area contributed by atoms with Crippen LogP contribution in [0.2, 0.25) is 15.1 Å². The van der Waals surface area contributed by atoms with Gasteiger partial charge in [0, 0.05) is 5.02 Å². The summed E-state index contributed by atoms with van der Waals surface area (Å²) in [7, 11) is -4.65. The Morgan fingerprint density at radius 1 is 1.07 bits per heavy atom. The average Bonchev–Trinajstić information content (AvgIpc) is 1.78. The van der Waals surface area contributed by atoms with E-state index in [2.05, 4.69) is 0 Å². The Morgan fingerprint density at radius 3 is 1.71 bits per heavy atom. The molecule has 3 nitrogen and oxygen atoms in total. The minimum Gasteiger partial charge on any atom is -0.744 e. The molecule has 0 saturated heterocycles. The first-order valence-electron chi connectivity index (χ1n) is 2.93. The summed E-state index contributed by atoms with van der Waals surface area (Å²) in [4.78, 5) is -0.639. The number of rotatable bonds is 1. The molecule has 0 aromatic heterocycles. The molecule has 0 radical (unpaired) electrons. The molecule has 1 aromatic carbocycles. The van der Waals surface area contributed by atoms with Gasteiger partial charge < -0.3 is 4.55 Å². The van der Waals surface area contributed by atoms with Crippen LogP contribution in [0.1, 0.15) is 0 Å². The Bertz CT molecular complexity index is 423. The van der Waals surface area contributed by atoms with Crippen LogP contribution >= 0.6 is 34.8 Å². The summed E-state index contributed by atoms with van der Waals surface area (Å²) in [5.41, 5.74) is 0. The summed E-state index contributed by atoms with van der Waals surface area (Å²) in [6, 6.07) is 2.28. The topological polar surface area (TPSA) is 57.2 Å². The molecular weight excluding hydrogens is 281 g/mol. The van der Waals surface area contributed by atoms with Gasteiger partial charge in [-0.1, -0.05) is 34.8 Å². The van der Waals surface area contributed by atoms with Gasteiger partial charge in [0.1, 0.15) is 10.1 Å². The van der Waals surface area contributed by atoms with E-state index >= 15 is 0 Å². The van der Waals surface area contributed by atoms with Gasteiger partial charge in [-0.25, -0.2) is 8.42 Å². The van der Waals surface area contributed by atoms with Crippen molar-refractivity contribution in [2.45, 2.75) is 4.90 Å². The normalized spacial score (nSPS) is 10.9. The van der Waals surface area contributed by atoms with Gasteiger partial charge >= 0.3 is 29.6 Å². The molecule has 0 spiro atoms. The van der Waals surface area contributed by atoms with Crippen molar-refractivity contribution < 1.29 is 42.5 Å². The van der Waals surface area contributed by atoms with E-state index in [9.17, 15) is 13.0 Å². The first-order chi connectivity index (χ1) is 5.82. The first kappa shape index (κ1) is 15.0. The molecule has 0 saturated carbocycles. The fraction of sp³-hybridized carbons (Fsp3) is 0. The molecular formula is C6H2Cl3NaO3S. The van der Waals surface area contributed by atoms with Crippen molar-refractivity contribution >= 4 is 44.9 Å². The SMILES string of the molecule is O=S(=O)([O-])c1c(Cl)cc(Cl)cc1Cl.[Na+]. The van der Waals surface area contributed by atoms with E-state index in [1.54, 1.807) is 0 Å². The predicted molar refractivity (Wildman–Crippen MR) is 49.4 cm³/mol. The molecule has 0 unspecified atom stereocenters. The third-order valence-electron chi connectivity index (χ3n) is 1.21. The Kier molecular flexibility index (Phi) is 5.75. The maximum absolute atomic E-state index is 10.6. The molecule has 0 atom stereocenters. The Balaban J connectivity index is 0.00000169. The van der Waals surface area contributed by atoms with E-state index in [1.807, 2.05) is 0 Å². The molecule has 0 aliphatic rings. The zero-order chi connectivity index (χ0) is 10.2. The van der Waals surface area contributed by atoms with Crippen LogP contribution in [0.4, 0.5) is 0 Å². The number of benzene rings is 1. The standard InChI is InChI=1S/C6H3Cl3O3S.Na/c7-3-1-4(8)6(5(9)2-3)13(10,11)12;/h1-2H,(H,10,11,12);/q;+1/p-1. The van der Waals surface area contributed by atoms with Crippen molar-refractivity contribution in [3.8, 4) is 0 Å². The summed E-state index contributed by atoms with van der Waals surface area (Å²) in [5.74, 6) is 0. The van der Waals surface area contributed by atoms with E-state index in [0.717, 1.165) is 12.1 Å². The van der Waals surface area contributed by atoms with Crippen molar-refractivity contribution in [3.05, 3.63) is 27.2 Å². The van der Waals surface area contributed by atoms with Crippen LogP contribution in [0.5, 0.6) is 0 Å². The van der Waals surface area contributed by atoms with Crippen molar-refractivity contribution in [2.24, 2.45) is 0 Å². The summed E-state index contributed by atoms with van der Waals surface area (Å²) >= 11 is 16.4. The predicted octanol–water partition coefficient (Wildman–Crippen LogP) is -0.445. The van der Waals surface area contributed by atoms with E-state index in [0.29, 0.717) is 0 Å². The second-order valence-corrected chi connectivity index (χ2v) is 4.72. The molecule has 72 valence electrons. The summed E-state index contributed by atoms with van der Waals surface area (Å²) in [6.45, 7) is 0. The minimum atomic E-state index is -4.65. The van der Waals surface area contributed by atoms with Crippen LogP contribution in [-0.4, -0.2) is 13.0 Å². The summed E-state index contributed by atoms with van der Waals surface area (Å²) < 4.78 is 31.9. The Morgan fingerprint density at radius 2 is 1.43 bits per heavy atom.